The summed E-state index contributed by atoms with van der Waals surface area (Å²) in [6, 6.07) is 1.57. The second kappa shape index (κ2) is 3.82. The molecule has 0 fully saturated rings. The average molecular weight is 206 g/mol. The van der Waals surface area contributed by atoms with Gasteiger partial charge in [-0.2, -0.15) is 0 Å². The van der Waals surface area contributed by atoms with Gasteiger partial charge in [0.25, 0.3) is 0 Å². The predicted octanol–water partition coefficient (Wildman–Crippen LogP) is 0.909. The van der Waals surface area contributed by atoms with E-state index in [1.165, 1.54) is 6.26 Å². The molecule has 0 aromatic carbocycles. The van der Waals surface area contributed by atoms with Crippen molar-refractivity contribution in [2.24, 2.45) is 0 Å². The van der Waals surface area contributed by atoms with Gasteiger partial charge in [0.05, 0.1) is 10.8 Å². The van der Waals surface area contributed by atoms with Gasteiger partial charge in [0.2, 0.25) is 5.16 Å². The highest BCUT2D eigenvalue weighted by molar-refractivity contribution is 7.84. The second-order valence-corrected chi connectivity index (χ2v) is 3.72. The molecule has 66 valence electrons. The van der Waals surface area contributed by atoms with Gasteiger partial charge in [-0.15, -0.1) is 0 Å². The van der Waals surface area contributed by atoms with E-state index in [1.807, 2.05) is 0 Å². The van der Waals surface area contributed by atoms with Gasteiger partial charge in [-0.1, -0.05) is 11.6 Å². The van der Waals surface area contributed by atoms with Crippen LogP contribution in [0.4, 0.5) is 5.82 Å². The number of anilines is 1. The van der Waals surface area contributed by atoms with Crippen LogP contribution in [-0.4, -0.2) is 27.5 Å². The fraction of sp³-hybridized carbons (Fsp3) is 0.333. The Hall–Kier alpha value is -0.680. The van der Waals surface area contributed by atoms with Crippen molar-refractivity contribution >= 4 is 28.2 Å². The van der Waals surface area contributed by atoms with E-state index in [1.54, 1.807) is 13.1 Å². The average Bonchev–Trinajstić information content (AvgIpc) is 2.03. The van der Waals surface area contributed by atoms with E-state index in [0.717, 1.165) is 0 Å². The zero-order valence-corrected chi connectivity index (χ0v) is 8.24. The van der Waals surface area contributed by atoms with Crippen LogP contribution >= 0.6 is 11.6 Å². The minimum Gasteiger partial charge on any atom is -0.373 e. The summed E-state index contributed by atoms with van der Waals surface area (Å²) >= 11 is 5.65. The van der Waals surface area contributed by atoms with Crippen molar-refractivity contribution in [2.75, 3.05) is 18.6 Å². The van der Waals surface area contributed by atoms with Crippen molar-refractivity contribution in [3.8, 4) is 0 Å². The number of aromatic nitrogens is 2. The SMILES string of the molecule is CNc1cc(Cl)nc(S(C)=O)n1. The summed E-state index contributed by atoms with van der Waals surface area (Å²) in [5.41, 5.74) is 0. The van der Waals surface area contributed by atoms with E-state index < -0.39 is 10.8 Å². The topological polar surface area (TPSA) is 54.9 Å². The van der Waals surface area contributed by atoms with E-state index in [0.29, 0.717) is 11.0 Å². The smallest absolute Gasteiger partial charge is 0.221 e. The molecule has 1 unspecified atom stereocenters. The van der Waals surface area contributed by atoms with Crippen molar-refractivity contribution in [3.63, 3.8) is 0 Å². The van der Waals surface area contributed by atoms with Gasteiger partial charge in [0.15, 0.2) is 0 Å². The molecule has 1 N–H and O–H groups in total. The number of halogens is 1. The van der Waals surface area contributed by atoms with Crippen LogP contribution in [-0.2, 0) is 10.8 Å². The third-order valence-electron chi connectivity index (χ3n) is 1.19. The van der Waals surface area contributed by atoms with Crippen LogP contribution in [0.3, 0.4) is 0 Å². The maximum absolute atomic E-state index is 11.0. The van der Waals surface area contributed by atoms with Crippen molar-refractivity contribution in [2.45, 2.75) is 5.16 Å². The lowest BCUT2D eigenvalue weighted by Gasteiger charge is -2.00. The highest BCUT2D eigenvalue weighted by Gasteiger charge is 2.04. The van der Waals surface area contributed by atoms with Gasteiger partial charge in [-0.25, -0.2) is 9.97 Å². The lowest BCUT2D eigenvalue weighted by atomic mass is 10.6. The van der Waals surface area contributed by atoms with Gasteiger partial charge in [-0.3, -0.25) is 4.21 Å². The first-order chi connectivity index (χ1) is 5.63. The van der Waals surface area contributed by atoms with Crippen molar-refractivity contribution in [1.29, 1.82) is 0 Å². The Kier molecular flexibility index (Phi) is 2.99. The largest absolute Gasteiger partial charge is 0.373 e. The summed E-state index contributed by atoms with van der Waals surface area (Å²) in [4.78, 5) is 7.74. The summed E-state index contributed by atoms with van der Waals surface area (Å²) in [6.45, 7) is 0. The molecule has 1 heterocycles. The molecule has 1 aromatic heterocycles. The lowest BCUT2D eigenvalue weighted by molar-refractivity contribution is 0.680. The standard InChI is InChI=1S/C6H8ClN3OS/c1-8-5-3-4(7)9-6(10-5)12(2)11/h3H,1-2H3,(H,8,9,10). The minimum absolute atomic E-state index is 0.242. The quantitative estimate of drug-likeness (QED) is 0.576. The summed E-state index contributed by atoms with van der Waals surface area (Å²) in [5, 5.41) is 3.33. The summed E-state index contributed by atoms with van der Waals surface area (Å²) < 4.78 is 11.0. The van der Waals surface area contributed by atoms with Crippen LogP contribution in [0.15, 0.2) is 11.2 Å². The van der Waals surface area contributed by atoms with E-state index in [4.69, 9.17) is 11.6 Å². The Labute approximate surface area is 77.8 Å². The fourth-order valence-electron chi connectivity index (χ4n) is 0.653. The predicted molar refractivity (Wildman–Crippen MR) is 48.9 cm³/mol. The van der Waals surface area contributed by atoms with E-state index in [9.17, 15) is 4.21 Å². The molecule has 1 aromatic rings. The molecule has 0 aliphatic rings. The molecule has 0 aliphatic heterocycles. The van der Waals surface area contributed by atoms with Crippen molar-refractivity contribution in [3.05, 3.63) is 11.2 Å². The van der Waals surface area contributed by atoms with Crippen molar-refractivity contribution < 1.29 is 4.21 Å². The fourth-order valence-corrected chi connectivity index (χ4v) is 1.34. The molecule has 0 radical (unpaired) electrons. The number of hydrogen-bond donors (Lipinski definition) is 1. The normalized spacial score (nSPS) is 12.6. The molecule has 1 rings (SSSR count). The third-order valence-corrected chi connectivity index (χ3v) is 2.08. The number of nitrogens with one attached hydrogen (secondary N) is 1. The van der Waals surface area contributed by atoms with E-state index in [-0.39, 0.29) is 5.16 Å². The maximum atomic E-state index is 11.0. The Morgan fingerprint density at radius 3 is 2.75 bits per heavy atom. The zero-order chi connectivity index (χ0) is 9.14. The molecule has 0 spiro atoms. The van der Waals surface area contributed by atoms with Crippen molar-refractivity contribution in [1.82, 2.24) is 9.97 Å². The molecule has 0 amide bonds. The molecule has 12 heavy (non-hydrogen) atoms. The highest BCUT2D eigenvalue weighted by atomic mass is 35.5. The summed E-state index contributed by atoms with van der Waals surface area (Å²) in [6.07, 6.45) is 1.51. The van der Waals surface area contributed by atoms with E-state index in [2.05, 4.69) is 15.3 Å². The van der Waals surface area contributed by atoms with Crippen LogP contribution in [0, 0.1) is 0 Å². The molecule has 6 heteroatoms. The van der Waals surface area contributed by atoms with Crippen LogP contribution in [0.2, 0.25) is 5.15 Å². The number of nitrogens with zero attached hydrogens (tertiary/aromatic N) is 2. The second-order valence-electron chi connectivity index (χ2n) is 2.06. The first-order valence-corrected chi connectivity index (χ1v) is 5.13. The van der Waals surface area contributed by atoms with Crippen LogP contribution in [0.25, 0.3) is 0 Å². The Bertz CT molecular complexity index is 318. The molecule has 1 atom stereocenters. The maximum Gasteiger partial charge on any atom is 0.221 e. The zero-order valence-electron chi connectivity index (χ0n) is 6.67. The molecule has 4 nitrogen and oxygen atoms in total. The molecule has 0 saturated carbocycles. The van der Waals surface area contributed by atoms with Crippen LogP contribution < -0.4 is 5.32 Å². The Morgan fingerprint density at radius 1 is 1.58 bits per heavy atom. The first-order valence-electron chi connectivity index (χ1n) is 3.19. The Morgan fingerprint density at radius 2 is 2.25 bits per heavy atom. The molecular formula is C6H8ClN3OS. The lowest BCUT2D eigenvalue weighted by Crippen LogP contribution is -2.01. The summed E-state index contributed by atoms with van der Waals surface area (Å²) in [7, 11) is 0.512. The number of rotatable bonds is 2. The van der Waals surface area contributed by atoms with Gasteiger partial charge >= 0.3 is 0 Å². The molecular weight excluding hydrogens is 198 g/mol. The van der Waals surface area contributed by atoms with Crippen LogP contribution in [0.5, 0.6) is 0 Å². The van der Waals surface area contributed by atoms with Gasteiger partial charge in [-0.05, 0) is 0 Å². The third kappa shape index (κ3) is 2.15. The molecule has 0 saturated heterocycles. The number of hydrogen-bond acceptors (Lipinski definition) is 4. The van der Waals surface area contributed by atoms with Gasteiger partial charge in [0.1, 0.15) is 11.0 Å². The van der Waals surface area contributed by atoms with Gasteiger partial charge < -0.3 is 5.32 Å². The first kappa shape index (κ1) is 9.41. The molecule has 0 aliphatic carbocycles. The summed E-state index contributed by atoms with van der Waals surface area (Å²) in [5.74, 6) is 0.570. The van der Waals surface area contributed by atoms with Gasteiger partial charge in [0, 0.05) is 19.4 Å². The minimum atomic E-state index is -1.20. The Balaban J connectivity index is 3.15. The molecule has 0 bridgehead atoms. The highest BCUT2D eigenvalue weighted by Crippen LogP contribution is 2.12. The monoisotopic (exact) mass is 205 g/mol. The van der Waals surface area contributed by atoms with E-state index >= 15 is 0 Å². The van der Waals surface area contributed by atoms with Crippen LogP contribution in [0.1, 0.15) is 0 Å².